The molecule has 1 aromatic carbocycles. The first-order valence-electron chi connectivity index (χ1n) is 6.30. The molecule has 22 heavy (non-hydrogen) atoms. The van der Waals surface area contributed by atoms with E-state index in [2.05, 4.69) is 10.0 Å². The first kappa shape index (κ1) is 19.1. The van der Waals surface area contributed by atoms with Gasteiger partial charge in [-0.2, -0.15) is 13.2 Å². The third kappa shape index (κ3) is 4.55. The first-order chi connectivity index (χ1) is 9.70. The fourth-order valence-corrected chi connectivity index (χ4v) is 3.41. The van der Waals surface area contributed by atoms with Gasteiger partial charge in [0.15, 0.2) is 0 Å². The van der Waals surface area contributed by atoms with Gasteiger partial charge in [-0.15, -0.1) is 12.4 Å². The Morgan fingerprint density at radius 3 is 2.45 bits per heavy atom. The highest BCUT2D eigenvalue weighted by molar-refractivity contribution is 7.89. The fourth-order valence-electron chi connectivity index (χ4n) is 2.13. The molecular weight excluding hydrogens is 348 g/mol. The molecule has 1 aliphatic heterocycles. The summed E-state index contributed by atoms with van der Waals surface area (Å²) in [5.74, 6) is -1.60. The standard InChI is InChI=1S/C12H14F4N2O2S.ClH/c13-11-6-9(3-4-10(11)12(14,15)16)21(19,20)18-8-2-1-5-17-7-8;/h3-4,6,8,17-18H,1-2,5,7H2;1H. The van der Waals surface area contributed by atoms with Crippen LogP contribution in [-0.4, -0.2) is 27.5 Å². The van der Waals surface area contributed by atoms with Crippen LogP contribution in [0.1, 0.15) is 18.4 Å². The van der Waals surface area contributed by atoms with Gasteiger partial charge in [-0.1, -0.05) is 0 Å². The van der Waals surface area contributed by atoms with Gasteiger partial charge in [0.25, 0.3) is 0 Å². The van der Waals surface area contributed by atoms with Crippen LogP contribution < -0.4 is 10.0 Å². The highest BCUT2D eigenvalue weighted by atomic mass is 35.5. The van der Waals surface area contributed by atoms with Crippen LogP contribution in [0.5, 0.6) is 0 Å². The van der Waals surface area contributed by atoms with Gasteiger partial charge in [0.2, 0.25) is 10.0 Å². The van der Waals surface area contributed by atoms with E-state index in [9.17, 15) is 26.0 Å². The maximum Gasteiger partial charge on any atom is 0.419 e. The van der Waals surface area contributed by atoms with Crippen molar-refractivity contribution in [2.45, 2.75) is 30.0 Å². The summed E-state index contributed by atoms with van der Waals surface area (Å²) in [5, 5.41) is 3.00. The Kier molecular flexibility index (Phi) is 6.19. The van der Waals surface area contributed by atoms with Crippen molar-refractivity contribution in [3.05, 3.63) is 29.6 Å². The smallest absolute Gasteiger partial charge is 0.315 e. The van der Waals surface area contributed by atoms with Crippen LogP contribution in [0.3, 0.4) is 0 Å². The molecule has 1 unspecified atom stereocenters. The minimum atomic E-state index is -4.85. The maximum absolute atomic E-state index is 13.4. The van der Waals surface area contributed by atoms with Crippen molar-refractivity contribution in [2.24, 2.45) is 0 Å². The van der Waals surface area contributed by atoms with E-state index in [0.29, 0.717) is 25.1 Å². The van der Waals surface area contributed by atoms with Crippen molar-refractivity contribution in [1.29, 1.82) is 0 Å². The number of sulfonamides is 1. The average Bonchev–Trinajstić information content (AvgIpc) is 2.37. The summed E-state index contributed by atoms with van der Waals surface area (Å²) in [4.78, 5) is -0.515. The van der Waals surface area contributed by atoms with Crippen molar-refractivity contribution >= 4 is 22.4 Å². The van der Waals surface area contributed by atoms with Crippen molar-refractivity contribution in [2.75, 3.05) is 13.1 Å². The number of hydrogen-bond donors (Lipinski definition) is 2. The number of nitrogens with one attached hydrogen (secondary N) is 2. The number of alkyl halides is 3. The summed E-state index contributed by atoms with van der Waals surface area (Å²) in [6, 6.07) is 1.23. The lowest BCUT2D eigenvalue weighted by Crippen LogP contribution is -2.45. The van der Waals surface area contributed by atoms with Gasteiger partial charge in [0.1, 0.15) is 5.82 Å². The zero-order chi connectivity index (χ0) is 15.7. The second-order valence-corrected chi connectivity index (χ2v) is 6.52. The minimum Gasteiger partial charge on any atom is -0.315 e. The maximum atomic E-state index is 13.4. The number of rotatable bonds is 3. The second kappa shape index (κ2) is 7.12. The topological polar surface area (TPSA) is 58.2 Å². The van der Waals surface area contributed by atoms with Crippen molar-refractivity contribution in [1.82, 2.24) is 10.0 Å². The van der Waals surface area contributed by atoms with Crippen LogP contribution in [0.2, 0.25) is 0 Å². The van der Waals surface area contributed by atoms with E-state index < -0.39 is 32.5 Å². The monoisotopic (exact) mass is 362 g/mol. The summed E-state index contributed by atoms with van der Waals surface area (Å²) in [6.07, 6.45) is -3.45. The molecule has 0 aromatic heterocycles. The van der Waals surface area contributed by atoms with Crippen molar-refractivity contribution in [3.63, 3.8) is 0 Å². The molecule has 0 saturated carbocycles. The lowest BCUT2D eigenvalue weighted by atomic mass is 10.1. The van der Waals surface area contributed by atoms with Crippen LogP contribution >= 0.6 is 12.4 Å². The quantitative estimate of drug-likeness (QED) is 0.811. The predicted molar refractivity (Wildman–Crippen MR) is 74.9 cm³/mol. The van der Waals surface area contributed by atoms with E-state index in [-0.39, 0.29) is 18.4 Å². The largest absolute Gasteiger partial charge is 0.419 e. The molecule has 0 aliphatic carbocycles. The minimum absolute atomic E-state index is 0. The lowest BCUT2D eigenvalue weighted by molar-refractivity contribution is -0.140. The molecule has 1 fully saturated rings. The van der Waals surface area contributed by atoms with Crippen molar-refractivity contribution < 1.29 is 26.0 Å². The Labute approximate surface area is 131 Å². The Morgan fingerprint density at radius 1 is 1.27 bits per heavy atom. The van der Waals surface area contributed by atoms with Crippen LogP contribution in [-0.2, 0) is 16.2 Å². The molecule has 1 heterocycles. The molecule has 0 bridgehead atoms. The summed E-state index contributed by atoms with van der Waals surface area (Å²) in [7, 11) is -4.04. The predicted octanol–water partition coefficient (Wildman–Crippen LogP) is 2.30. The highest BCUT2D eigenvalue weighted by Crippen LogP contribution is 2.32. The van der Waals surface area contributed by atoms with E-state index in [1.807, 2.05) is 0 Å². The SMILES string of the molecule is Cl.O=S(=O)(NC1CCCNC1)c1ccc(C(F)(F)F)c(F)c1. The molecule has 0 spiro atoms. The van der Waals surface area contributed by atoms with Crippen molar-refractivity contribution in [3.8, 4) is 0 Å². The Balaban J connectivity index is 0.00000242. The average molecular weight is 363 g/mol. The van der Waals surface area contributed by atoms with E-state index in [4.69, 9.17) is 0 Å². The van der Waals surface area contributed by atoms with E-state index in [1.165, 1.54) is 0 Å². The lowest BCUT2D eigenvalue weighted by Gasteiger charge is -2.23. The molecular formula is C12H15ClF4N2O2S. The van der Waals surface area contributed by atoms with Crippen LogP contribution in [0, 0.1) is 5.82 Å². The highest BCUT2D eigenvalue weighted by Gasteiger charge is 2.35. The van der Waals surface area contributed by atoms with Crippen LogP contribution in [0.4, 0.5) is 17.6 Å². The summed E-state index contributed by atoms with van der Waals surface area (Å²) in [5.41, 5.74) is -1.49. The first-order valence-corrected chi connectivity index (χ1v) is 7.78. The van der Waals surface area contributed by atoms with E-state index >= 15 is 0 Å². The van der Waals surface area contributed by atoms with E-state index in [1.54, 1.807) is 0 Å². The Morgan fingerprint density at radius 2 is 1.95 bits per heavy atom. The van der Waals surface area contributed by atoms with Gasteiger partial charge in [-0.25, -0.2) is 17.5 Å². The molecule has 4 nitrogen and oxygen atoms in total. The molecule has 10 heteroatoms. The molecule has 2 N–H and O–H groups in total. The van der Waals surface area contributed by atoms with Gasteiger partial charge in [0, 0.05) is 12.6 Å². The third-order valence-corrected chi connectivity index (χ3v) is 4.69. The van der Waals surface area contributed by atoms with Gasteiger partial charge >= 0.3 is 6.18 Å². The normalized spacial score (nSPS) is 19.5. The van der Waals surface area contributed by atoms with Crippen LogP contribution in [0.25, 0.3) is 0 Å². The fraction of sp³-hybridized carbons (Fsp3) is 0.500. The van der Waals surface area contributed by atoms with E-state index in [0.717, 1.165) is 19.0 Å². The van der Waals surface area contributed by atoms with Crippen LogP contribution in [0.15, 0.2) is 23.1 Å². The molecule has 1 aliphatic rings. The number of halogens is 5. The number of hydrogen-bond acceptors (Lipinski definition) is 3. The zero-order valence-corrected chi connectivity index (χ0v) is 12.9. The van der Waals surface area contributed by atoms with Gasteiger partial charge < -0.3 is 5.32 Å². The van der Waals surface area contributed by atoms with Gasteiger partial charge in [0.05, 0.1) is 10.5 Å². The number of piperidine rings is 1. The van der Waals surface area contributed by atoms with Gasteiger partial charge in [-0.3, -0.25) is 0 Å². The Hall–Kier alpha value is -0.900. The summed E-state index contributed by atoms with van der Waals surface area (Å²) in [6.45, 7) is 1.22. The molecule has 1 aromatic rings. The molecule has 126 valence electrons. The molecule has 0 radical (unpaired) electrons. The zero-order valence-electron chi connectivity index (χ0n) is 11.3. The summed E-state index contributed by atoms with van der Waals surface area (Å²) < 4.78 is 77.2. The molecule has 2 rings (SSSR count). The summed E-state index contributed by atoms with van der Waals surface area (Å²) >= 11 is 0. The number of benzene rings is 1. The third-order valence-electron chi connectivity index (χ3n) is 3.17. The molecule has 1 atom stereocenters. The molecule has 1 saturated heterocycles. The second-order valence-electron chi connectivity index (χ2n) is 4.80. The van der Waals surface area contributed by atoms with Gasteiger partial charge in [-0.05, 0) is 37.6 Å². The molecule has 0 amide bonds. The Bertz CT molecular complexity index is 616.